The highest BCUT2D eigenvalue weighted by atomic mass is 16.4. The summed E-state index contributed by atoms with van der Waals surface area (Å²) in [6, 6.07) is 0.692. The summed E-state index contributed by atoms with van der Waals surface area (Å²) in [5.41, 5.74) is 5.36. The minimum atomic E-state index is 0.326. The molecular weight excluding hydrogens is 178 g/mol. The van der Waals surface area contributed by atoms with E-state index in [9.17, 15) is 0 Å². The van der Waals surface area contributed by atoms with Crippen LogP contribution in [0.15, 0.2) is 5.16 Å². The first kappa shape index (κ1) is 11.3. The normalized spacial score (nSPS) is 28.2. The Morgan fingerprint density at radius 1 is 1.57 bits per heavy atom. The first-order chi connectivity index (χ1) is 6.72. The average molecular weight is 199 g/mol. The SMILES string of the molecule is CC1CCC(NCCCC(N)=NO)C1. The van der Waals surface area contributed by atoms with Crippen LogP contribution in [0.3, 0.4) is 0 Å². The molecule has 82 valence electrons. The van der Waals surface area contributed by atoms with Gasteiger partial charge in [0.1, 0.15) is 5.84 Å². The van der Waals surface area contributed by atoms with E-state index in [4.69, 9.17) is 10.9 Å². The summed E-state index contributed by atoms with van der Waals surface area (Å²) in [6.45, 7) is 3.27. The summed E-state index contributed by atoms with van der Waals surface area (Å²) in [7, 11) is 0. The van der Waals surface area contributed by atoms with Crippen LogP contribution in [-0.4, -0.2) is 23.6 Å². The minimum absolute atomic E-state index is 0.326. The van der Waals surface area contributed by atoms with Crippen LogP contribution in [0.25, 0.3) is 0 Å². The second kappa shape index (κ2) is 5.86. The standard InChI is InChI=1S/C10H21N3O/c1-8-4-5-9(7-8)12-6-2-3-10(11)13-14/h8-9,12,14H,2-7H2,1H3,(H2,11,13). The number of hydrogen-bond donors (Lipinski definition) is 3. The predicted octanol–water partition coefficient (Wildman–Crippen LogP) is 1.29. The van der Waals surface area contributed by atoms with Gasteiger partial charge in [-0.3, -0.25) is 0 Å². The molecule has 2 atom stereocenters. The van der Waals surface area contributed by atoms with Crippen LogP contribution in [0.4, 0.5) is 0 Å². The summed E-state index contributed by atoms with van der Waals surface area (Å²) in [6.07, 6.45) is 5.55. The Morgan fingerprint density at radius 2 is 2.36 bits per heavy atom. The Hall–Kier alpha value is -0.770. The van der Waals surface area contributed by atoms with Crippen molar-refractivity contribution in [3.63, 3.8) is 0 Å². The van der Waals surface area contributed by atoms with Crippen LogP contribution in [0, 0.1) is 5.92 Å². The van der Waals surface area contributed by atoms with Crippen LogP contribution in [0.5, 0.6) is 0 Å². The van der Waals surface area contributed by atoms with Crippen LogP contribution >= 0.6 is 0 Å². The van der Waals surface area contributed by atoms with Crippen molar-refractivity contribution in [2.45, 2.75) is 45.1 Å². The van der Waals surface area contributed by atoms with Crippen molar-refractivity contribution in [1.82, 2.24) is 5.32 Å². The number of hydrogen-bond acceptors (Lipinski definition) is 3. The summed E-state index contributed by atoms with van der Waals surface area (Å²) in [4.78, 5) is 0. The molecule has 0 radical (unpaired) electrons. The van der Waals surface area contributed by atoms with Gasteiger partial charge >= 0.3 is 0 Å². The van der Waals surface area contributed by atoms with Gasteiger partial charge in [0.2, 0.25) is 0 Å². The largest absolute Gasteiger partial charge is 0.409 e. The molecule has 4 heteroatoms. The average Bonchev–Trinajstić information content (AvgIpc) is 2.58. The lowest BCUT2D eigenvalue weighted by Crippen LogP contribution is -2.28. The first-order valence-electron chi connectivity index (χ1n) is 5.42. The topological polar surface area (TPSA) is 70.6 Å². The Labute approximate surface area is 85.6 Å². The van der Waals surface area contributed by atoms with Gasteiger partial charge in [-0.2, -0.15) is 0 Å². The highest BCUT2D eigenvalue weighted by Gasteiger charge is 2.19. The smallest absolute Gasteiger partial charge is 0.139 e. The number of amidine groups is 1. The van der Waals surface area contributed by atoms with E-state index in [-0.39, 0.29) is 0 Å². The van der Waals surface area contributed by atoms with Crippen molar-refractivity contribution in [1.29, 1.82) is 0 Å². The third kappa shape index (κ3) is 3.96. The van der Waals surface area contributed by atoms with E-state index < -0.39 is 0 Å². The van der Waals surface area contributed by atoms with E-state index >= 15 is 0 Å². The monoisotopic (exact) mass is 199 g/mol. The highest BCUT2D eigenvalue weighted by molar-refractivity contribution is 5.79. The number of oxime groups is 1. The maximum absolute atomic E-state index is 8.32. The van der Waals surface area contributed by atoms with E-state index in [2.05, 4.69) is 17.4 Å². The summed E-state index contributed by atoms with van der Waals surface area (Å²) in [5, 5.41) is 14.8. The molecule has 1 saturated carbocycles. The second-order valence-corrected chi connectivity index (χ2v) is 4.26. The number of nitrogens with two attached hydrogens (primary N) is 1. The Morgan fingerprint density at radius 3 is 2.93 bits per heavy atom. The molecule has 2 unspecified atom stereocenters. The number of rotatable bonds is 5. The van der Waals surface area contributed by atoms with E-state index in [1.807, 2.05) is 0 Å². The van der Waals surface area contributed by atoms with Gasteiger partial charge in [-0.1, -0.05) is 12.1 Å². The molecule has 0 aromatic rings. The fraction of sp³-hybridized carbons (Fsp3) is 0.900. The lowest BCUT2D eigenvalue weighted by atomic mass is 10.1. The van der Waals surface area contributed by atoms with Gasteiger partial charge < -0.3 is 16.3 Å². The molecule has 4 nitrogen and oxygen atoms in total. The van der Waals surface area contributed by atoms with Crippen molar-refractivity contribution >= 4 is 5.84 Å². The Kier molecular flexibility index (Phi) is 4.73. The van der Waals surface area contributed by atoms with Gasteiger partial charge in [0, 0.05) is 12.5 Å². The van der Waals surface area contributed by atoms with Crippen molar-refractivity contribution in [2.75, 3.05) is 6.54 Å². The second-order valence-electron chi connectivity index (χ2n) is 4.26. The first-order valence-corrected chi connectivity index (χ1v) is 5.42. The lowest BCUT2D eigenvalue weighted by molar-refractivity contribution is 0.316. The molecule has 1 fully saturated rings. The Balaban J connectivity index is 1.99. The summed E-state index contributed by atoms with van der Waals surface area (Å²) in [5.74, 6) is 1.20. The van der Waals surface area contributed by atoms with E-state index in [1.54, 1.807) is 0 Å². The van der Waals surface area contributed by atoms with Crippen molar-refractivity contribution in [2.24, 2.45) is 16.8 Å². The summed E-state index contributed by atoms with van der Waals surface area (Å²) < 4.78 is 0. The predicted molar refractivity (Wildman–Crippen MR) is 57.4 cm³/mol. The van der Waals surface area contributed by atoms with Crippen molar-refractivity contribution in [3.05, 3.63) is 0 Å². The fourth-order valence-electron chi connectivity index (χ4n) is 2.02. The zero-order valence-electron chi connectivity index (χ0n) is 8.87. The van der Waals surface area contributed by atoms with Crippen LogP contribution in [-0.2, 0) is 0 Å². The molecule has 1 aliphatic carbocycles. The molecule has 4 N–H and O–H groups in total. The zero-order valence-corrected chi connectivity index (χ0v) is 8.87. The van der Waals surface area contributed by atoms with Gasteiger partial charge in [-0.05, 0) is 38.1 Å². The molecule has 1 rings (SSSR count). The van der Waals surface area contributed by atoms with Gasteiger partial charge in [0.05, 0.1) is 0 Å². The van der Waals surface area contributed by atoms with Gasteiger partial charge in [0.15, 0.2) is 0 Å². The third-order valence-electron chi connectivity index (χ3n) is 2.87. The molecule has 0 heterocycles. The van der Waals surface area contributed by atoms with E-state index in [0.29, 0.717) is 18.3 Å². The van der Waals surface area contributed by atoms with E-state index in [0.717, 1.165) is 18.9 Å². The molecule has 0 bridgehead atoms. The number of nitrogens with zero attached hydrogens (tertiary/aromatic N) is 1. The fourth-order valence-corrected chi connectivity index (χ4v) is 2.02. The summed E-state index contributed by atoms with van der Waals surface area (Å²) >= 11 is 0. The number of nitrogens with one attached hydrogen (secondary N) is 1. The molecule has 0 aromatic heterocycles. The van der Waals surface area contributed by atoms with Crippen LogP contribution in [0.1, 0.15) is 39.0 Å². The third-order valence-corrected chi connectivity index (χ3v) is 2.87. The molecule has 14 heavy (non-hydrogen) atoms. The Bertz CT molecular complexity index is 194. The highest BCUT2D eigenvalue weighted by Crippen LogP contribution is 2.24. The molecule has 0 aromatic carbocycles. The van der Waals surface area contributed by atoms with Gasteiger partial charge in [0.25, 0.3) is 0 Å². The minimum Gasteiger partial charge on any atom is -0.409 e. The van der Waals surface area contributed by atoms with Crippen LogP contribution in [0.2, 0.25) is 0 Å². The van der Waals surface area contributed by atoms with Crippen molar-refractivity contribution < 1.29 is 5.21 Å². The van der Waals surface area contributed by atoms with Crippen LogP contribution < -0.4 is 11.1 Å². The molecular formula is C10H21N3O. The van der Waals surface area contributed by atoms with Gasteiger partial charge in [-0.25, -0.2) is 0 Å². The lowest BCUT2D eigenvalue weighted by Gasteiger charge is -2.11. The zero-order chi connectivity index (χ0) is 10.4. The van der Waals surface area contributed by atoms with Crippen molar-refractivity contribution in [3.8, 4) is 0 Å². The molecule has 0 spiro atoms. The maximum Gasteiger partial charge on any atom is 0.139 e. The molecule has 0 aliphatic heterocycles. The van der Waals surface area contributed by atoms with E-state index in [1.165, 1.54) is 19.3 Å². The quantitative estimate of drug-likeness (QED) is 0.205. The molecule has 1 aliphatic rings. The molecule has 0 saturated heterocycles. The van der Waals surface area contributed by atoms with Gasteiger partial charge in [-0.15, -0.1) is 0 Å². The molecule has 0 amide bonds. The maximum atomic E-state index is 8.32.